The van der Waals surface area contributed by atoms with Gasteiger partial charge in [0.2, 0.25) is 0 Å². The van der Waals surface area contributed by atoms with Gasteiger partial charge in [-0.15, -0.1) is 0 Å². The van der Waals surface area contributed by atoms with Crippen molar-refractivity contribution in [1.29, 1.82) is 0 Å². The first kappa shape index (κ1) is 18.4. The number of imide groups is 1. The summed E-state index contributed by atoms with van der Waals surface area (Å²) in [6.45, 7) is 0. The van der Waals surface area contributed by atoms with Crippen LogP contribution in [0.25, 0.3) is 10.9 Å². The van der Waals surface area contributed by atoms with Crippen LogP contribution in [-0.2, 0) is 13.2 Å². The van der Waals surface area contributed by atoms with Crippen molar-refractivity contribution in [3.63, 3.8) is 0 Å². The molecule has 0 bridgehead atoms. The van der Waals surface area contributed by atoms with Crippen LogP contribution in [0, 0.1) is 5.82 Å². The number of nitrogens with one attached hydrogen (secondary N) is 2. The molecule has 1 aromatic heterocycles. The van der Waals surface area contributed by atoms with Gasteiger partial charge in [-0.2, -0.15) is 13.2 Å². The number of para-hydroxylation sites is 1. The van der Waals surface area contributed by atoms with E-state index < -0.39 is 29.5 Å². The van der Waals surface area contributed by atoms with Gasteiger partial charge in [0.25, 0.3) is 5.91 Å². The van der Waals surface area contributed by atoms with Gasteiger partial charge in [0, 0.05) is 29.8 Å². The lowest BCUT2D eigenvalue weighted by atomic mass is 10.1. The van der Waals surface area contributed by atoms with Crippen LogP contribution in [0.1, 0.15) is 15.9 Å². The van der Waals surface area contributed by atoms with Crippen molar-refractivity contribution in [3.05, 3.63) is 65.6 Å². The first-order chi connectivity index (χ1) is 12.7. The van der Waals surface area contributed by atoms with Gasteiger partial charge in [-0.25, -0.2) is 9.18 Å². The quantitative estimate of drug-likeness (QED) is 0.652. The van der Waals surface area contributed by atoms with Crippen molar-refractivity contribution < 1.29 is 27.2 Å². The van der Waals surface area contributed by atoms with Crippen molar-refractivity contribution in [1.82, 2.24) is 9.88 Å². The summed E-state index contributed by atoms with van der Waals surface area (Å²) < 4.78 is 53.2. The third-order valence-corrected chi connectivity index (χ3v) is 3.90. The van der Waals surface area contributed by atoms with Gasteiger partial charge in [0.15, 0.2) is 0 Å². The molecule has 140 valence electrons. The molecule has 5 nitrogen and oxygen atoms in total. The summed E-state index contributed by atoms with van der Waals surface area (Å²) in [5.74, 6) is -2.18. The Morgan fingerprint density at radius 3 is 2.48 bits per heavy atom. The zero-order chi connectivity index (χ0) is 19.8. The highest BCUT2D eigenvalue weighted by molar-refractivity contribution is 6.13. The maximum absolute atomic E-state index is 13.3. The molecule has 0 aliphatic rings. The molecule has 1 heterocycles. The average Bonchev–Trinajstić information content (AvgIpc) is 2.93. The predicted molar refractivity (Wildman–Crippen MR) is 90.8 cm³/mol. The number of fused-ring (bicyclic) bond motifs is 1. The van der Waals surface area contributed by atoms with Crippen molar-refractivity contribution in [2.24, 2.45) is 7.05 Å². The molecule has 3 amide bonds. The number of halogens is 4. The van der Waals surface area contributed by atoms with E-state index in [2.05, 4.69) is 5.32 Å². The van der Waals surface area contributed by atoms with E-state index >= 15 is 0 Å². The third kappa shape index (κ3) is 3.76. The molecule has 0 radical (unpaired) electrons. The van der Waals surface area contributed by atoms with E-state index in [4.69, 9.17) is 0 Å². The van der Waals surface area contributed by atoms with Crippen molar-refractivity contribution >= 4 is 28.5 Å². The summed E-state index contributed by atoms with van der Waals surface area (Å²) in [7, 11) is 1.73. The number of amides is 3. The Balaban J connectivity index is 1.77. The first-order valence-corrected chi connectivity index (χ1v) is 7.70. The molecule has 0 saturated heterocycles. The van der Waals surface area contributed by atoms with Crippen molar-refractivity contribution in [2.75, 3.05) is 5.32 Å². The number of urea groups is 1. The molecule has 27 heavy (non-hydrogen) atoms. The molecule has 0 aliphatic carbocycles. The highest BCUT2D eigenvalue weighted by Gasteiger charge is 2.34. The summed E-state index contributed by atoms with van der Waals surface area (Å²) in [6, 6.07) is 8.00. The Bertz CT molecular complexity index is 1040. The maximum atomic E-state index is 13.3. The summed E-state index contributed by atoms with van der Waals surface area (Å²) in [5.41, 5.74) is -0.803. The van der Waals surface area contributed by atoms with E-state index in [9.17, 15) is 27.2 Å². The molecule has 0 unspecified atom stereocenters. The number of carbonyl (C=O) groups is 2. The Labute approximate surface area is 150 Å². The minimum Gasteiger partial charge on any atom is -0.350 e. The van der Waals surface area contributed by atoms with Gasteiger partial charge in [-0.05, 0) is 24.3 Å². The number of hydrogen-bond acceptors (Lipinski definition) is 2. The number of benzene rings is 2. The highest BCUT2D eigenvalue weighted by atomic mass is 19.4. The third-order valence-electron chi connectivity index (χ3n) is 3.90. The molecule has 3 aromatic rings. The largest absolute Gasteiger partial charge is 0.419 e. The lowest BCUT2D eigenvalue weighted by Crippen LogP contribution is -2.34. The van der Waals surface area contributed by atoms with Crippen LogP contribution in [0.2, 0.25) is 0 Å². The van der Waals surface area contributed by atoms with Crippen LogP contribution < -0.4 is 10.6 Å². The number of nitrogens with zero attached hydrogens (tertiary/aromatic N) is 1. The van der Waals surface area contributed by atoms with E-state index in [-0.39, 0.29) is 11.3 Å². The Morgan fingerprint density at radius 2 is 1.78 bits per heavy atom. The first-order valence-electron chi connectivity index (χ1n) is 7.70. The molecule has 0 atom stereocenters. The summed E-state index contributed by atoms with van der Waals surface area (Å²) in [5, 5.41) is 4.76. The molecule has 0 aliphatic heterocycles. The predicted octanol–water partition coefficient (Wildman–Crippen LogP) is 4.30. The van der Waals surface area contributed by atoms with Crippen LogP contribution in [0.4, 0.5) is 28.0 Å². The number of rotatable bonds is 2. The van der Waals surface area contributed by atoms with Crippen LogP contribution in [0.5, 0.6) is 0 Å². The molecule has 0 saturated carbocycles. The van der Waals surface area contributed by atoms with Gasteiger partial charge in [-0.1, -0.05) is 18.2 Å². The van der Waals surface area contributed by atoms with E-state index in [1.807, 2.05) is 5.32 Å². The minimum atomic E-state index is -4.91. The molecule has 3 rings (SSSR count). The monoisotopic (exact) mass is 379 g/mol. The SMILES string of the molecule is Cn1cc(C(=O)NC(=O)Nc2ccc(F)c(C(F)(F)F)c2)c2ccccc21. The maximum Gasteiger partial charge on any atom is 0.419 e. The summed E-state index contributed by atoms with van der Waals surface area (Å²) in [6.07, 6.45) is -3.37. The fourth-order valence-electron chi connectivity index (χ4n) is 2.68. The summed E-state index contributed by atoms with van der Waals surface area (Å²) in [4.78, 5) is 24.3. The van der Waals surface area contributed by atoms with E-state index in [1.165, 1.54) is 6.20 Å². The van der Waals surface area contributed by atoms with Gasteiger partial charge >= 0.3 is 12.2 Å². The number of anilines is 1. The molecule has 0 fully saturated rings. The lowest BCUT2D eigenvalue weighted by molar-refractivity contribution is -0.139. The average molecular weight is 379 g/mol. The fourth-order valence-corrected chi connectivity index (χ4v) is 2.68. The number of carbonyl (C=O) groups excluding carboxylic acids is 2. The molecular weight excluding hydrogens is 366 g/mol. The molecule has 2 aromatic carbocycles. The van der Waals surface area contributed by atoms with E-state index in [0.717, 1.165) is 11.6 Å². The second-order valence-corrected chi connectivity index (χ2v) is 5.77. The van der Waals surface area contributed by atoms with Crippen molar-refractivity contribution in [3.8, 4) is 0 Å². The van der Waals surface area contributed by atoms with Crippen LogP contribution in [-0.4, -0.2) is 16.5 Å². The number of alkyl halides is 3. The lowest BCUT2D eigenvalue weighted by Gasteiger charge is -2.11. The normalized spacial score (nSPS) is 11.4. The fraction of sp³-hybridized carbons (Fsp3) is 0.111. The Kier molecular flexibility index (Phi) is 4.61. The van der Waals surface area contributed by atoms with Crippen LogP contribution in [0.15, 0.2) is 48.7 Å². The van der Waals surface area contributed by atoms with E-state index in [1.54, 1.807) is 35.9 Å². The zero-order valence-corrected chi connectivity index (χ0v) is 13.9. The standard InChI is InChI=1S/C18H13F4N3O2/c1-25-9-12(11-4-2-3-5-15(11)25)16(26)24-17(27)23-10-6-7-14(19)13(8-10)18(20,21)22/h2-9H,1H3,(H2,23,24,26,27). The van der Waals surface area contributed by atoms with Gasteiger partial charge in [0.05, 0.1) is 11.1 Å². The van der Waals surface area contributed by atoms with Gasteiger partial charge < -0.3 is 9.88 Å². The zero-order valence-electron chi connectivity index (χ0n) is 13.9. The minimum absolute atomic E-state index is 0.235. The van der Waals surface area contributed by atoms with Gasteiger partial charge in [-0.3, -0.25) is 10.1 Å². The van der Waals surface area contributed by atoms with Crippen LogP contribution >= 0.6 is 0 Å². The van der Waals surface area contributed by atoms with Crippen LogP contribution in [0.3, 0.4) is 0 Å². The molecular formula is C18H13F4N3O2. The number of hydrogen-bond donors (Lipinski definition) is 2. The van der Waals surface area contributed by atoms with Crippen molar-refractivity contribution in [2.45, 2.75) is 6.18 Å². The second-order valence-electron chi connectivity index (χ2n) is 5.77. The molecule has 0 spiro atoms. The smallest absolute Gasteiger partial charge is 0.350 e. The topological polar surface area (TPSA) is 63.1 Å². The Morgan fingerprint density at radius 1 is 1.07 bits per heavy atom. The molecule has 2 N–H and O–H groups in total. The number of aromatic nitrogens is 1. The molecule has 9 heteroatoms. The second kappa shape index (κ2) is 6.75. The van der Waals surface area contributed by atoms with Gasteiger partial charge in [0.1, 0.15) is 5.82 Å². The van der Waals surface area contributed by atoms with E-state index in [0.29, 0.717) is 17.5 Å². The number of aryl methyl sites for hydroxylation is 1. The summed E-state index contributed by atoms with van der Waals surface area (Å²) >= 11 is 0. The highest BCUT2D eigenvalue weighted by Crippen LogP contribution is 2.33. The Hall–Kier alpha value is -3.36.